The summed E-state index contributed by atoms with van der Waals surface area (Å²) in [5, 5.41) is 5.39. The van der Waals surface area contributed by atoms with Crippen LogP contribution < -0.4 is 0 Å². The van der Waals surface area contributed by atoms with E-state index in [0.29, 0.717) is 26.6 Å². The zero-order valence-electron chi connectivity index (χ0n) is 12.6. The summed E-state index contributed by atoms with van der Waals surface area (Å²) >= 11 is 13.3. The Balaban J connectivity index is 1.69. The number of carbonyl (C=O) groups excluding carboxylic acids is 1. The number of rotatable bonds is 2. The molecular formula is C17H10Cl2FN3OS. The molecule has 25 heavy (non-hydrogen) atoms. The smallest absolute Gasteiger partial charge is 0.250 e. The summed E-state index contributed by atoms with van der Waals surface area (Å²) in [6.07, 6.45) is 0.227. The van der Waals surface area contributed by atoms with Crippen molar-refractivity contribution in [1.82, 2.24) is 14.8 Å². The first-order valence-corrected chi connectivity index (χ1v) is 9.02. The van der Waals surface area contributed by atoms with Crippen LogP contribution in [0.5, 0.6) is 0 Å². The monoisotopic (exact) mass is 393 g/mol. The Morgan fingerprint density at radius 3 is 2.76 bits per heavy atom. The number of carbonyl (C=O) groups is 1. The molecule has 0 spiro atoms. The van der Waals surface area contributed by atoms with E-state index in [4.69, 9.17) is 23.2 Å². The fraction of sp³-hybridized carbons (Fsp3) is 0.118. The first kappa shape index (κ1) is 16.6. The summed E-state index contributed by atoms with van der Waals surface area (Å²) in [5.74, 6) is -0.106. The maximum atomic E-state index is 13.5. The molecule has 2 heterocycles. The molecule has 0 aliphatic carbocycles. The van der Waals surface area contributed by atoms with Crippen molar-refractivity contribution in [1.29, 1.82) is 0 Å². The van der Waals surface area contributed by atoms with Gasteiger partial charge < -0.3 is 0 Å². The molecule has 0 radical (unpaired) electrons. The minimum Gasteiger partial charge on any atom is -0.272 e. The van der Waals surface area contributed by atoms with Crippen molar-refractivity contribution in [3.05, 3.63) is 63.9 Å². The molecule has 2 aromatic carbocycles. The summed E-state index contributed by atoms with van der Waals surface area (Å²) < 4.78 is 14.8. The molecule has 8 heteroatoms. The van der Waals surface area contributed by atoms with Gasteiger partial charge in [0.2, 0.25) is 0 Å². The maximum Gasteiger partial charge on any atom is 0.250 e. The van der Waals surface area contributed by atoms with Gasteiger partial charge in [0.05, 0.1) is 10.0 Å². The first-order chi connectivity index (χ1) is 12.0. The van der Waals surface area contributed by atoms with Crippen LogP contribution in [0.15, 0.2) is 47.6 Å². The second-order valence-electron chi connectivity index (χ2n) is 5.52. The highest BCUT2D eigenvalue weighted by molar-refractivity contribution is 7.99. The largest absolute Gasteiger partial charge is 0.272 e. The lowest BCUT2D eigenvalue weighted by atomic mass is 10.1. The molecule has 1 aromatic heterocycles. The van der Waals surface area contributed by atoms with Gasteiger partial charge in [0.1, 0.15) is 5.82 Å². The number of aromatic nitrogens is 3. The minimum atomic E-state index is -0.325. The second-order valence-corrected chi connectivity index (χ2v) is 7.50. The van der Waals surface area contributed by atoms with Crippen LogP contribution in [0.25, 0.3) is 11.4 Å². The molecule has 126 valence electrons. The lowest BCUT2D eigenvalue weighted by Gasteiger charge is -2.20. The van der Waals surface area contributed by atoms with Gasteiger partial charge in [-0.05, 0) is 35.9 Å². The van der Waals surface area contributed by atoms with Crippen molar-refractivity contribution < 1.29 is 9.18 Å². The number of halogens is 3. The predicted molar refractivity (Wildman–Crippen MR) is 95.7 cm³/mol. The molecule has 3 aromatic rings. The van der Waals surface area contributed by atoms with Gasteiger partial charge in [-0.2, -0.15) is 4.68 Å². The number of thioether (sulfide) groups is 1. The van der Waals surface area contributed by atoms with Crippen LogP contribution in [0.4, 0.5) is 4.39 Å². The van der Waals surface area contributed by atoms with Gasteiger partial charge in [0, 0.05) is 17.2 Å². The fourth-order valence-corrected chi connectivity index (χ4v) is 4.04. The second kappa shape index (κ2) is 6.44. The summed E-state index contributed by atoms with van der Waals surface area (Å²) in [4.78, 5) is 16.9. The van der Waals surface area contributed by atoms with E-state index >= 15 is 0 Å². The van der Waals surface area contributed by atoms with E-state index in [1.54, 1.807) is 30.3 Å². The highest BCUT2D eigenvalue weighted by Crippen LogP contribution is 2.41. The number of hydrogen-bond acceptors (Lipinski definition) is 4. The summed E-state index contributed by atoms with van der Waals surface area (Å²) in [6, 6.07) is 11.3. The maximum absolute atomic E-state index is 13.5. The SMILES string of the molecule is O=C1CC(c2cccc(F)c2)Sc2nc(-c3ccc(Cl)c(Cl)c3)nn21. The van der Waals surface area contributed by atoms with E-state index in [0.717, 1.165) is 5.56 Å². The van der Waals surface area contributed by atoms with Gasteiger partial charge in [-0.3, -0.25) is 4.79 Å². The van der Waals surface area contributed by atoms with Crippen molar-refractivity contribution in [3.8, 4) is 11.4 Å². The standard InChI is InChI=1S/C17H10Cl2FN3OS/c18-12-5-4-10(7-13(12)19)16-21-17-23(22-16)15(24)8-14(25-17)9-2-1-3-11(20)6-9/h1-7,14H,8H2. The van der Waals surface area contributed by atoms with Gasteiger partial charge in [-0.1, -0.05) is 47.1 Å². The molecular weight excluding hydrogens is 384 g/mol. The van der Waals surface area contributed by atoms with Crippen LogP contribution in [0.1, 0.15) is 22.0 Å². The van der Waals surface area contributed by atoms with Gasteiger partial charge >= 0.3 is 0 Å². The molecule has 1 aliphatic rings. The number of benzene rings is 2. The summed E-state index contributed by atoms with van der Waals surface area (Å²) in [5.41, 5.74) is 1.43. The number of nitrogens with zero attached hydrogens (tertiary/aromatic N) is 3. The Morgan fingerprint density at radius 1 is 1.16 bits per heavy atom. The molecule has 4 rings (SSSR count). The summed E-state index contributed by atoms with van der Waals surface area (Å²) in [7, 11) is 0. The van der Waals surface area contributed by atoms with Crippen LogP contribution in [0.3, 0.4) is 0 Å². The molecule has 4 nitrogen and oxygen atoms in total. The van der Waals surface area contributed by atoms with Crippen molar-refractivity contribution in [2.45, 2.75) is 16.8 Å². The van der Waals surface area contributed by atoms with Crippen LogP contribution in [-0.2, 0) is 0 Å². The first-order valence-electron chi connectivity index (χ1n) is 7.39. The molecule has 0 amide bonds. The van der Waals surface area contributed by atoms with Crippen LogP contribution >= 0.6 is 35.0 Å². The lowest BCUT2D eigenvalue weighted by molar-refractivity contribution is 0.0868. The van der Waals surface area contributed by atoms with E-state index in [-0.39, 0.29) is 23.4 Å². The van der Waals surface area contributed by atoms with Crippen LogP contribution in [-0.4, -0.2) is 20.7 Å². The van der Waals surface area contributed by atoms with Crippen molar-refractivity contribution >= 4 is 40.9 Å². The van der Waals surface area contributed by atoms with Crippen molar-refractivity contribution in [2.24, 2.45) is 0 Å². The van der Waals surface area contributed by atoms with Gasteiger partial charge in [-0.25, -0.2) is 9.37 Å². The number of fused-ring (bicyclic) bond motifs is 1. The Kier molecular flexibility index (Phi) is 4.27. The summed E-state index contributed by atoms with van der Waals surface area (Å²) in [6.45, 7) is 0. The van der Waals surface area contributed by atoms with Gasteiger partial charge in [0.15, 0.2) is 11.0 Å². The van der Waals surface area contributed by atoms with E-state index in [1.165, 1.54) is 28.6 Å². The third-order valence-corrected chi connectivity index (χ3v) is 5.76. The zero-order valence-corrected chi connectivity index (χ0v) is 14.9. The molecule has 0 bridgehead atoms. The minimum absolute atomic E-state index is 0.179. The van der Waals surface area contributed by atoms with E-state index < -0.39 is 0 Å². The highest BCUT2D eigenvalue weighted by Gasteiger charge is 2.30. The zero-order chi connectivity index (χ0) is 17.6. The normalized spacial score (nSPS) is 16.8. The van der Waals surface area contributed by atoms with Crippen LogP contribution in [0, 0.1) is 5.82 Å². The van der Waals surface area contributed by atoms with Crippen LogP contribution in [0.2, 0.25) is 10.0 Å². The predicted octanol–water partition coefficient (Wildman–Crippen LogP) is 5.27. The Hall–Kier alpha value is -1.89. The average Bonchev–Trinajstić information content (AvgIpc) is 3.02. The van der Waals surface area contributed by atoms with Gasteiger partial charge in [0.25, 0.3) is 5.91 Å². The molecule has 0 saturated heterocycles. The fourth-order valence-electron chi connectivity index (χ4n) is 2.60. The third-order valence-electron chi connectivity index (χ3n) is 3.82. The molecule has 1 atom stereocenters. The number of hydrogen-bond donors (Lipinski definition) is 0. The lowest BCUT2D eigenvalue weighted by Crippen LogP contribution is -2.21. The molecule has 0 N–H and O–H groups in total. The molecule has 0 saturated carbocycles. The van der Waals surface area contributed by atoms with E-state index in [9.17, 15) is 9.18 Å². The van der Waals surface area contributed by atoms with Crippen molar-refractivity contribution in [3.63, 3.8) is 0 Å². The third kappa shape index (κ3) is 3.17. The Morgan fingerprint density at radius 2 is 2.00 bits per heavy atom. The Labute approximate surface area is 157 Å². The van der Waals surface area contributed by atoms with E-state index in [2.05, 4.69) is 10.1 Å². The molecule has 0 fully saturated rings. The van der Waals surface area contributed by atoms with E-state index in [1.807, 2.05) is 0 Å². The average molecular weight is 394 g/mol. The molecule has 1 unspecified atom stereocenters. The molecule has 1 aliphatic heterocycles. The topological polar surface area (TPSA) is 47.8 Å². The highest BCUT2D eigenvalue weighted by atomic mass is 35.5. The van der Waals surface area contributed by atoms with Crippen molar-refractivity contribution in [2.75, 3.05) is 0 Å². The Bertz CT molecular complexity index is 992. The van der Waals surface area contributed by atoms with Gasteiger partial charge in [-0.15, -0.1) is 5.10 Å². The quantitative estimate of drug-likeness (QED) is 0.594.